The van der Waals surface area contributed by atoms with Crippen LogP contribution in [0.25, 0.3) is 11.2 Å². The van der Waals surface area contributed by atoms with Gasteiger partial charge in [0.25, 0.3) is 0 Å². The number of aryl methyl sites for hydroxylation is 1. The van der Waals surface area contributed by atoms with E-state index in [1.807, 2.05) is 16.7 Å². The molecule has 0 fully saturated rings. The molecule has 0 radical (unpaired) electrons. The third-order valence-electron chi connectivity index (χ3n) is 6.48. The Bertz CT molecular complexity index is 1210. The molecule has 3 aromatic rings. The Kier molecular flexibility index (Phi) is 13.6. The van der Waals surface area contributed by atoms with Crippen molar-refractivity contribution in [3.05, 3.63) is 42.5 Å². The van der Waals surface area contributed by atoms with E-state index in [-0.39, 0.29) is 17.6 Å². The SMILES string of the molecule is CC(C)(O)O.COC(CCn1cnc2c(N)ncnc21)CN(C)CCCCCNC(=O)Nc1ccc(C(C)(C)C)cc1. The normalized spacial score (nSPS) is 12.6. The number of likely N-dealkylation sites (N-methyl/N-ethyl adjacent to an activating group) is 1. The van der Waals surface area contributed by atoms with Gasteiger partial charge in [-0.3, -0.25) is 0 Å². The average Bonchev–Trinajstić information content (AvgIpc) is 3.31. The first-order chi connectivity index (χ1) is 19.7. The van der Waals surface area contributed by atoms with Gasteiger partial charge in [0.05, 0.1) is 12.4 Å². The van der Waals surface area contributed by atoms with Gasteiger partial charge in [0, 0.05) is 32.4 Å². The number of aliphatic hydroxyl groups is 2. The number of fused-ring (bicyclic) bond motifs is 1. The molecule has 2 heterocycles. The molecular formula is C30H50N8O4. The maximum atomic E-state index is 12.2. The molecule has 12 nitrogen and oxygen atoms in total. The fourth-order valence-corrected chi connectivity index (χ4v) is 4.18. The number of anilines is 2. The number of urea groups is 1. The van der Waals surface area contributed by atoms with Crippen molar-refractivity contribution in [3.8, 4) is 0 Å². The fourth-order valence-electron chi connectivity index (χ4n) is 4.18. The molecule has 0 saturated carbocycles. The average molecular weight is 587 g/mol. The third-order valence-corrected chi connectivity index (χ3v) is 6.48. The Morgan fingerprint density at radius 3 is 2.36 bits per heavy atom. The number of benzene rings is 1. The number of unbranched alkanes of at least 4 members (excludes halogenated alkanes) is 2. The minimum Gasteiger partial charge on any atom is -0.382 e. The lowest BCUT2D eigenvalue weighted by molar-refractivity contribution is -0.127. The standard InChI is InChI=1S/C27H42N8O2.C3H8O2/c1-27(2,3)20-9-11-21(12-10-20)33-26(36)29-14-7-6-8-15-34(4)17-22(37-5)13-16-35-19-32-23-24(28)30-18-31-25(23)35;1-3(2,4)5/h9-12,18-19,22H,6-8,13-17H2,1-5H3,(H2,28,30,31)(H2,29,33,36);4-5H,1-2H3. The molecule has 0 spiro atoms. The van der Waals surface area contributed by atoms with Crippen LogP contribution in [0.1, 0.15) is 65.9 Å². The second kappa shape index (κ2) is 16.4. The molecule has 2 aromatic heterocycles. The van der Waals surface area contributed by atoms with Gasteiger partial charge in [0.2, 0.25) is 0 Å². The van der Waals surface area contributed by atoms with Crippen LogP contribution in [0, 0.1) is 0 Å². The number of methoxy groups -OCH3 is 1. The molecule has 12 heteroatoms. The zero-order valence-corrected chi connectivity index (χ0v) is 26.2. The summed E-state index contributed by atoms with van der Waals surface area (Å²) in [5.41, 5.74) is 9.40. The van der Waals surface area contributed by atoms with E-state index < -0.39 is 5.79 Å². The van der Waals surface area contributed by atoms with Crippen LogP contribution in [0.2, 0.25) is 0 Å². The Balaban J connectivity index is 0.00000113. The fraction of sp³-hybridized carbons (Fsp3) is 0.600. The minimum atomic E-state index is -1.50. The van der Waals surface area contributed by atoms with Gasteiger partial charge in [-0.05, 0) is 69.8 Å². The van der Waals surface area contributed by atoms with Gasteiger partial charge in [-0.25, -0.2) is 19.7 Å². The molecule has 234 valence electrons. The van der Waals surface area contributed by atoms with E-state index in [0.29, 0.717) is 17.9 Å². The number of nitrogens with one attached hydrogen (secondary N) is 2. The van der Waals surface area contributed by atoms with E-state index in [0.717, 1.165) is 56.7 Å². The Morgan fingerprint density at radius 1 is 1.07 bits per heavy atom. The summed E-state index contributed by atoms with van der Waals surface area (Å²) in [5.74, 6) is -1.10. The third kappa shape index (κ3) is 13.1. The summed E-state index contributed by atoms with van der Waals surface area (Å²) in [5, 5.41) is 22.0. The van der Waals surface area contributed by atoms with Crippen molar-refractivity contribution in [2.45, 2.75) is 84.2 Å². The van der Waals surface area contributed by atoms with Crippen molar-refractivity contribution in [2.24, 2.45) is 0 Å². The highest BCUT2D eigenvalue weighted by atomic mass is 16.5. The largest absolute Gasteiger partial charge is 0.382 e. The second-order valence-corrected chi connectivity index (χ2v) is 12.0. The summed E-state index contributed by atoms with van der Waals surface area (Å²) in [4.78, 5) is 27.1. The number of carbonyl (C=O) groups excluding carboxylic acids is 1. The van der Waals surface area contributed by atoms with Crippen molar-refractivity contribution < 1.29 is 19.7 Å². The lowest BCUT2D eigenvalue weighted by atomic mass is 9.87. The van der Waals surface area contributed by atoms with Crippen molar-refractivity contribution >= 4 is 28.7 Å². The van der Waals surface area contributed by atoms with Gasteiger partial charge in [0.15, 0.2) is 17.3 Å². The number of ether oxygens (including phenoxy) is 1. The molecule has 1 atom stereocenters. The Labute approximate surface area is 249 Å². The number of amides is 2. The van der Waals surface area contributed by atoms with Crippen molar-refractivity contribution in [2.75, 3.05) is 44.8 Å². The Morgan fingerprint density at radius 2 is 1.74 bits per heavy atom. The lowest BCUT2D eigenvalue weighted by Crippen LogP contribution is -2.32. The molecule has 1 aromatic carbocycles. The van der Waals surface area contributed by atoms with E-state index in [4.69, 9.17) is 20.7 Å². The van der Waals surface area contributed by atoms with Gasteiger partial charge in [-0.1, -0.05) is 39.3 Å². The van der Waals surface area contributed by atoms with Gasteiger partial charge < -0.3 is 40.8 Å². The molecule has 0 saturated heterocycles. The minimum absolute atomic E-state index is 0.0977. The number of aromatic nitrogens is 4. The molecule has 2 amide bonds. The molecule has 0 bridgehead atoms. The van der Waals surface area contributed by atoms with Crippen LogP contribution in [-0.2, 0) is 16.7 Å². The maximum Gasteiger partial charge on any atom is 0.319 e. The molecule has 3 rings (SSSR count). The van der Waals surface area contributed by atoms with Gasteiger partial charge in [0.1, 0.15) is 11.8 Å². The zero-order valence-electron chi connectivity index (χ0n) is 26.2. The zero-order chi connectivity index (χ0) is 31.3. The van der Waals surface area contributed by atoms with Gasteiger partial charge in [-0.2, -0.15) is 0 Å². The van der Waals surface area contributed by atoms with E-state index in [1.54, 1.807) is 13.4 Å². The number of nitrogens with two attached hydrogens (primary N) is 1. The first-order valence-electron chi connectivity index (χ1n) is 14.4. The smallest absolute Gasteiger partial charge is 0.319 e. The van der Waals surface area contributed by atoms with E-state index in [1.165, 1.54) is 25.7 Å². The van der Waals surface area contributed by atoms with Crippen molar-refractivity contribution in [1.82, 2.24) is 29.7 Å². The number of imidazole rings is 1. The van der Waals surface area contributed by atoms with Gasteiger partial charge >= 0.3 is 6.03 Å². The van der Waals surface area contributed by atoms with E-state index >= 15 is 0 Å². The van der Waals surface area contributed by atoms with Crippen LogP contribution < -0.4 is 16.4 Å². The highest BCUT2D eigenvalue weighted by Gasteiger charge is 2.14. The topological polar surface area (TPSA) is 164 Å². The summed E-state index contributed by atoms with van der Waals surface area (Å²) in [6.45, 7) is 12.3. The van der Waals surface area contributed by atoms with E-state index in [9.17, 15) is 4.79 Å². The first kappa shape index (κ1) is 34.9. The van der Waals surface area contributed by atoms with Crippen molar-refractivity contribution in [1.29, 1.82) is 0 Å². The number of nitrogens with zero attached hydrogens (tertiary/aromatic N) is 5. The summed E-state index contributed by atoms with van der Waals surface area (Å²) in [6, 6.07) is 7.86. The molecule has 6 N–H and O–H groups in total. The highest BCUT2D eigenvalue weighted by molar-refractivity contribution is 5.89. The molecular weight excluding hydrogens is 536 g/mol. The van der Waals surface area contributed by atoms with Crippen LogP contribution >= 0.6 is 0 Å². The number of hydrogen-bond acceptors (Lipinski definition) is 9. The van der Waals surface area contributed by atoms with Crippen LogP contribution in [0.3, 0.4) is 0 Å². The molecule has 42 heavy (non-hydrogen) atoms. The number of hydrogen-bond donors (Lipinski definition) is 5. The van der Waals surface area contributed by atoms with Crippen LogP contribution in [0.5, 0.6) is 0 Å². The quantitative estimate of drug-likeness (QED) is 0.148. The highest BCUT2D eigenvalue weighted by Crippen LogP contribution is 2.23. The summed E-state index contributed by atoms with van der Waals surface area (Å²) < 4.78 is 7.70. The summed E-state index contributed by atoms with van der Waals surface area (Å²) in [6.07, 6.45) is 7.21. The number of nitrogen functional groups attached to an aromatic ring is 1. The van der Waals surface area contributed by atoms with Crippen LogP contribution in [0.4, 0.5) is 16.3 Å². The van der Waals surface area contributed by atoms with E-state index in [2.05, 4.69) is 70.4 Å². The van der Waals surface area contributed by atoms with Gasteiger partial charge in [-0.15, -0.1) is 0 Å². The predicted molar refractivity (Wildman–Crippen MR) is 167 cm³/mol. The molecule has 0 aliphatic heterocycles. The predicted octanol–water partition coefficient (Wildman–Crippen LogP) is 3.74. The summed E-state index contributed by atoms with van der Waals surface area (Å²) in [7, 11) is 3.86. The molecule has 1 unspecified atom stereocenters. The van der Waals surface area contributed by atoms with Crippen LogP contribution in [0.15, 0.2) is 36.9 Å². The first-order valence-corrected chi connectivity index (χ1v) is 14.4. The maximum absolute atomic E-state index is 12.2. The molecule has 0 aliphatic carbocycles. The lowest BCUT2D eigenvalue weighted by Gasteiger charge is -2.23. The molecule has 0 aliphatic rings. The monoisotopic (exact) mass is 586 g/mol. The van der Waals surface area contributed by atoms with Crippen molar-refractivity contribution in [3.63, 3.8) is 0 Å². The second-order valence-electron chi connectivity index (χ2n) is 12.0. The Hall–Kier alpha value is -3.32. The number of carbonyl (C=O) groups is 1. The van der Waals surface area contributed by atoms with Crippen LogP contribution in [-0.4, -0.2) is 86.3 Å². The summed E-state index contributed by atoms with van der Waals surface area (Å²) >= 11 is 0. The number of rotatable bonds is 13.